The van der Waals surface area contributed by atoms with Gasteiger partial charge in [0.15, 0.2) is 0 Å². The zero-order chi connectivity index (χ0) is 20.6. The number of para-hydroxylation sites is 1. The first-order chi connectivity index (χ1) is 14.1. The molecule has 29 heavy (non-hydrogen) atoms. The van der Waals surface area contributed by atoms with Gasteiger partial charge in [-0.1, -0.05) is 18.2 Å². The van der Waals surface area contributed by atoms with Crippen LogP contribution in [0.5, 0.6) is 5.75 Å². The lowest BCUT2D eigenvalue weighted by molar-refractivity contribution is 0.0596. The number of amides is 1. The number of hydrogen-bond acceptors (Lipinski definition) is 7. The van der Waals surface area contributed by atoms with Crippen LogP contribution in [0.25, 0.3) is 0 Å². The van der Waals surface area contributed by atoms with Crippen molar-refractivity contribution in [3.05, 3.63) is 83.9 Å². The smallest absolute Gasteiger partial charge is 0.362 e. The molecule has 0 aliphatic heterocycles. The van der Waals surface area contributed by atoms with E-state index in [1.165, 1.54) is 7.11 Å². The number of ether oxygens (including phenoxy) is 1. The van der Waals surface area contributed by atoms with E-state index >= 15 is 0 Å². The summed E-state index contributed by atoms with van der Waals surface area (Å²) >= 11 is 0. The van der Waals surface area contributed by atoms with Crippen LogP contribution in [-0.2, 0) is 4.84 Å². The molecule has 0 bridgehead atoms. The number of azo groups is 1. The highest BCUT2D eigenvalue weighted by Crippen LogP contribution is 2.19. The molecule has 3 rings (SSSR count). The van der Waals surface area contributed by atoms with Crippen LogP contribution in [0, 0.1) is 0 Å². The molecule has 3 aromatic rings. The van der Waals surface area contributed by atoms with Crippen LogP contribution >= 0.6 is 0 Å². The van der Waals surface area contributed by atoms with E-state index in [1.54, 1.807) is 72.8 Å². The van der Waals surface area contributed by atoms with E-state index < -0.39 is 11.9 Å². The minimum atomic E-state index is -0.557. The highest BCUT2D eigenvalue weighted by molar-refractivity contribution is 5.99. The molecular formula is C21H18N4O4. The maximum Gasteiger partial charge on any atom is 0.362 e. The summed E-state index contributed by atoms with van der Waals surface area (Å²) in [4.78, 5) is 29.2. The number of anilines is 2. The van der Waals surface area contributed by atoms with E-state index in [1.807, 2.05) is 0 Å². The Kier molecular flexibility index (Phi) is 6.16. The lowest BCUT2D eigenvalue weighted by atomic mass is 10.2. The lowest BCUT2D eigenvalue weighted by Crippen LogP contribution is -2.10. The number of nitrogens with zero attached hydrogens (tertiary/aromatic N) is 2. The SMILES string of the molecule is COc1cccc(C(=O)ONc2ccc(N=NC(=O)c3ccccc3N)cc2)c1. The maximum absolute atomic E-state index is 12.1. The molecule has 3 aromatic carbocycles. The first-order valence-corrected chi connectivity index (χ1v) is 8.58. The molecule has 0 saturated carbocycles. The Morgan fingerprint density at radius 3 is 2.45 bits per heavy atom. The highest BCUT2D eigenvalue weighted by Gasteiger charge is 2.09. The van der Waals surface area contributed by atoms with E-state index in [2.05, 4.69) is 15.7 Å². The van der Waals surface area contributed by atoms with Crippen molar-refractivity contribution in [3.63, 3.8) is 0 Å². The van der Waals surface area contributed by atoms with Crippen LogP contribution in [0.3, 0.4) is 0 Å². The number of nitrogens with one attached hydrogen (secondary N) is 1. The Balaban J connectivity index is 1.58. The van der Waals surface area contributed by atoms with E-state index in [0.717, 1.165) is 0 Å². The molecule has 0 aliphatic rings. The van der Waals surface area contributed by atoms with Crippen LogP contribution < -0.4 is 16.0 Å². The van der Waals surface area contributed by atoms with Gasteiger partial charge in [-0.2, -0.15) is 0 Å². The minimum absolute atomic E-state index is 0.291. The largest absolute Gasteiger partial charge is 0.497 e. The van der Waals surface area contributed by atoms with Crippen molar-refractivity contribution in [2.45, 2.75) is 0 Å². The van der Waals surface area contributed by atoms with Crippen LogP contribution in [0.2, 0.25) is 0 Å². The van der Waals surface area contributed by atoms with Gasteiger partial charge < -0.3 is 15.3 Å². The van der Waals surface area contributed by atoms with Crippen LogP contribution in [0.15, 0.2) is 83.0 Å². The summed E-state index contributed by atoms with van der Waals surface area (Å²) in [5.74, 6) is -0.530. The van der Waals surface area contributed by atoms with Gasteiger partial charge >= 0.3 is 5.97 Å². The van der Waals surface area contributed by atoms with Gasteiger partial charge in [0.1, 0.15) is 5.75 Å². The fourth-order valence-corrected chi connectivity index (χ4v) is 2.36. The molecule has 0 radical (unpaired) electrons. The second kappa shape index (κ2) is 9.14. The van der Waals surface area contributed by atoms with Crippen molar-refractivity contribution in [2.24, 2.45) is 10.2 Å². The number of nitrogen functional groups attached to an aromatic ring is 1. The van der Waals surface area contributed by atoms with Gasteiger partial charge in [0.25, 0.3) is 5.91 Å². The number of carbonyl (C=O) groups excluding carboxylic acids is 2. The topological polar surface area (TPSA) is 115 Å². The second-order valence-corrected chi connectivity index (χ2v) is 5.86. The third-order valence-electron chi connectivity index (χ3n) is 3.88. The average molecular weight is 390 g/mol. The Morgan fingerprint density at radius 2 is 1.72 bits per heavy atom. The Bertz CT molecular complexity index is 1050. The van der Waals surface area contributed by atoms with Crippen molar-refractivity contribution < 1.29 is 19.2 Å². The summed E-state index contributed by atoms with van der Waals surface area (Å²) in [5.41, 5.74) is 10.3. The maximum atomic E-state index is 12.1. The van der Waals surface area contributed by atoms with Crippen molar-refractivity contribution in [1.82, 2.24) is 0 Å². The van der Waals surface area contributed by atoms with E-state index in [0.29, 0.717) is 33.9 Å². The molecular weight excluding hydrogens is 372 g/mol. The molecule has 0 heterocycles. The van der Waals surface area contributed by atoms with Gasteiger partial charge in [-0.05, 0) is 54.6 Å². The van der Waals surface area contributed by atoms with Crippen molar-refractivity contribution in [3.8, 4) is 5.75 Å². The molecule has 0 atom stereocenters. The zero-order valence-electron chi connectivity index (χ0n) is 15.5. The van der Waals surface area contributed by atoms with Gasteiger partial charge in [0.05, 0.1) is 29.6 Å². The van der Waals surface area contributed by atoms with Crippen molar-refractivity contribution in [1.29, 1.82) is 0 Å². The lowest BCUT2D eigenvalue weighted by Gasteiger charge is -2.07. The van der Waals surface area contributed by atoms with Crippen LogP contribution in [0.4, 0.5) is 17.1 Å². The number of methoxy groups -OCH3 is 1. The summed E-state index contributed by atoms with van der Waals surface area (Å²) in [6.45, 7) is 0. The highest BCUT2D eigenvalue weighted by atomic mass is 16.7. The minimum Gasteiger partial charge on any atom is -0.497 e. The molecule has 3 N–H and O–H groups in total. The first kappa shape index (κ1) is 19.6. The molecule has 0 spiro atoms. The third kappa shape index (κ3) is 5.16. The van der Waals surface area contributed by atoms with Crippen LogP contribution in [-0.4, -0.2) is 19.0 Å². The summed E-state index contributed by atoms with van der Waals surface area (Å²) in [5, 5.41) is 7.57. The van der Waals surface area contributed by atoms with Gasteiger partial charge in [-0.15, -0.1) is 10.2 Å². The predicted molar refractivity (Wildman–Crippen MR) is 108 cm³/mol. The fourth-order valence-electron chi connectivity index (χ4n) is 2.36. The number of rotatable bonds is 6. The Morgan fingerprint density at radius 1 is 0.966 bits per heavy atom. The number of hydrogen-bond donors (Lipinski definition) is 2. The molecule has 0 saturated heterocycles. The molecule has 0 aliphatic carbocycles. The number of nitrogens with two attached hydrogens (primary N) is 1. The molecule has 0 unspecified atom stereocenters. The van der Waals surface area contributed by atoms with E-state index in [4.69, 9.17) is 15.3 Å². The molecule has 8 nitrogen and oxygen atoms in total. The summed E-state index contributed by atoms with van der Waals surface area (Å²) in [6.07, 6.45) is 0. The van der Waals surface area contributed by atoms with Crippen molar-refractivity contribution in [2.75, 3.05) is 18.3 Å². The van der Waals surface area contributed by atoms with Gasteiger partial charge in [-0.25, -0.2) is 10.3 Å². The monoisotopic (exact) mass is 390 g/mol. The molecule has 8 heteroatoms. The number of carbonyl (C=O) groups is 2. The molecule has 146 valence electrons. The third-order valence-corrected chi connectivity index (χ3v) is 3.88. The van der Waals surface area contributed by atoms with E-state index in [-0.39, 0.29) is 0 Å². The Hall–Kier alpha value is -4.20. The second-order valence-electron chi connectivity index (χ2n) is 5.86. The first-order valence-electron chi connectivity index (χ1n) is 8.58. The van der Waals surface area contributed by atoms with E-state index in [9.17, 15) is 9.59 Å². The predicted octanol–water partition coefficient (Wildman–Crippen LogP) is 4.39. The van der Waals surface area contributed by atoms with Crippen LogP contribution in [0.1, 0.15) is 20.7 Å². The molecule has 1 amide bonds. The number of benzene rings is 3. The zero-order valence-corrected chi connectivity index (χ0v) is 15.5. The fraction of sp³-hybridized carbons (Fsp3) is 0.0476. The van der Waals surface area contributed by atoms with Crippen molar-refractivity contribution >= 4 is 28.9 Å². The molecule has 0 aromatic heterocycles. The normalized spacial score (nSPS) is 10.5. The standard InChI is InChI=1S/C21H18N4O4/c1-28-17-6-4-5-14(13-17)21(27)29-25-16-11-9-15(10-12-16)23-24-20(26)18-7-2-3-8-19(18)22/h2-13,25H,22H2,1H3. The average Bonchev–Trinajstić information content (AvgIpc) is 2.77. The summed E-state index contributed by atoms with van der Waals surface area (Å²) in [6, 6.07) is 19.8. The quantitative estimate of drug-likeness (QED) is 0.366. The van der Waals surface area contributed by atoms with Gasteiger partial charge in [0.2, 0.25) is 0 Å². The Labute approximate surface area is 166 Å². The molecule has 0 fully saturated rings. The summed E-state index contributed by atoms with van der Waals surface area (Å²) < 4.78 is 5.08. The van der Waals surface area contributed by atoms with Gasteiger partial charge in [0, 0.05) is 5.69 Å². The van der Waals surface area contributed by atoms with Gasteiger partial charge in [-0.3, -0.25) is 4.79 Å². The summed E-state index contributed by atoms with van der Waals surface area (Å²) in [7, 11) is 1.52.